The monoisotopic (exact) mass is 414 g/mol. The number of nitrogens with one attached hydrogen (secondary N) is 1. The molecule has 1 N–H and O–H groups in total. The van der Waals surface area contributed by atoms with Gasteiger partial charge in [0.25, 0.3) is 0 Å². The van der Waals surface area contributed by atoms with Gasteiger partial charge in [0, 0.05) is 5.69 Å². The Labute approximate surface area is 162 Å². The zero-order valence-corrected chi connectivity index (χ0v) is 16.6. The van der Waals surface area contributed by atoms with E-state index < -0.39 is 33.7 Å². The number of amides is 1. The molecule has 0 aliphatic rings. The molecule has 2 aromatic rings. The molecule has 0 spiro atoms. The van der Waals surface area contributed by atoms with Gasteiger partial charge < -0.3 is 5.32 Å². The second kappa shape index (κ2) is 7.83. The summed E-state index contributed by atoms with van der Waals surface area (Å²) in [6, 6.07) is 8.10. The van der Waals surface area contributed by atoms with Crippen LogP contribution in [0.5, 0.6) is 0 Å². The maximum atomic E-state index is 12.8. The first-order valence-corrected chi connectivity index (χ1v) is 10.2. The molecule has 152 valence electrons. The van der Waals surface area contributed by atoms with Crippen LogP contribution < -0.4 is 9.62 Å². The summed E-state index contributed by atoms with van der Waals surface area (Å²) in [5.74, 6) is -0.746. The summed E-state index contributed by atoms with van der Waals surface area (Å²) >= 11 is 0. The molecule has 5 nitrogen and oxygen atoms in total. The van der Waals surface area contributed by atoms with Crippen LogP contribution in [-0.2, 0) is 21.0 Å². The molecule has 0 fully saturated rings. The topological polar surface area (TPSA) is 66.5 Å². The van der Waals surface area contributed by atoms with Crippen LogP contribution in [0.15, 0.2) is 42.5 Å². The molecule has 0 unspecified atom stereocenters. The number of anilines is 2. The predicted octanol–water partition coefficient (Wildman–Crippen LogP) is 4.12. The molecule has 1 atom stereocenters. The molecule has 1 amide bonds. The maximum Gasteiger partial charge on any atom is 0.416 e. The van der Waals surface area contributed by atoms with E-state index >= 15 is 0 Å². The summed E-state index contributed by atoms with van der Waals surface area (Å²) in [6.45, 7) is 4.97. The smallest absolute Gasteiger partial charge is 0.324 e. The number of sulfonamides is 1. The molecule has 0 aromatic heterocycles. The normalized spacial score (nSPS) is 13.1. The van der Waals surface area contributed by atoms with Gasteiger partial charge in [0.15, 0.2) is 0 Å². The van der Waals surface area contributed by atoms with E-state index in [1.165, 1.54) is 19.1 Å². The predicted molar refractivity (Wildman–Crippen MR) is 103 cm³/mol. The van der Waals surface area contributed by atoms with Crippen LogP contribution in [0.4, 0.5) is 24.5 Å². The molecule has 9 heteroatoms. The lowest BCUT2D eigenvalue weighted by atomic mass is 10.1. The van der Waals surface area contributed by atoms with Crippen molar-refractivity contribution in [3.8, 4) is 0 Å². The Morgan fingerprint density at radius 3 is 2.14 bits per heavy atom. The number of aryl methyl sites for hydroxylation is 2. The molecule has 28 heavy (non-hydrogen) atoms. The van der Waals surface area contributed by atoms with E-state index in [2.05, 4.69) is 5.32 Å². The molecule has 0 saturated heterocycles. The zero-order chi connectivity index (χ0) is 21.3. The molecule has 2 aromatic carbocycles. The van der Waals surface area contributed by atoms with Crippen LogP contribution in [0, 0.1) is 13.8 Å². The highest BCUT2D eigenvalue weighted by Crippen LogP contribution is 2.31. The highest BCUT2D eigenvalue weighted by molar-refractivity contribution is 7.92. The Balaban J connectivity index is 2.35. The summed E-state index contributed by atoms with van der Waals surface area (Å²) in [5.41, 5.74) is 0.961. The minimum absolute atomic E-state index is 0.0689. The molecule has 0 aliphatic heterocycles. The molecule has 0 radical (unpaired) electrons. The molecule has 2 rings (SSSR count). The van der Waals surface area contributed by atoms with Crippen molar-refractivity contribution < 1.29 is 26.4 Å². The van der Waals surface area contributed by atoms with Crippen LogP contribution in [0.1, 0.15) is 23.6 Å². The summed E-state index contributed by atoms with van der Waals surface area (Å²) in [7, 11) is -3.83. The highest BCUT2D eigenvalue weighted by atomic mass is 32.2. The molecule has 0 heterocycles. The van der Waals surface area contributed by atoms with Crippen molar-refractivity contribution in [2.45, 2.75) is 33.0 Å². The van der Waals surface area contributed by atoms with Gasteiger partial charge in [0.1, 0.15) is 6.04 Å². The largest absolute Gasteiger partial charge is 0.416 e. The number of benzene rings is 2. The Morgan fingerprint density at radius 2 is 1.64 bits per heavy atom. The number of halogens is 3. The van der Waals surface area contributed by atoms with Crippen molar-refractivity contribution in [3.05, 3.63) is 59.2 Å². The number of rotatable bonds is 5. The fourth-order valence-electron chi connectivity index (χ4n) is 2.91. The number of carbonyl (C=O) groups is 1. The minimum Gasteiger partial charge on any atom is -0.324 e. The molecule has 0 aliphatic carbocycles. The van der Waals surface area contributed by atoms with E-state index in [4.69, 9.17) is 0 Å². The standard InChI is InChI=1S/C19H21F3N2O3S/c1-12-8-13(2)10-17(9-12)24(28(4,26)27)14(3)18(25)23-16-7-5-6-15(11-16)19(20,21)22/h5-11,14H,1-4H3,(H,23,25)/t14-/m0/s1. The maximum absolute atomic E-state index is 12.8. The average molecular weight is 414 g/mol. The SMILES string of the molecule is Cc1cc(C)cc(N([C@@H](C)C(=O)Nc2cccc(C(F)(F)F)c2)S(C)(=O)=O)c1. The van der Waals surface area contributed by atoms with E-state index in [9.17, 15) is 26.4 Å². The van der Waals surface area contributed by atoms with Gasteiger partial charge in [-0.15, -0.1) is 0 Å². The Morgan fingerprint density at radius 1 is 1.07 bits per heavy atom. The van der Waals surface area contributed by atoms with Gasteiger partial charge in [-0.05, 0) is 62.2 Å². The number of alkyl halides is 3. The highest BCUT2D eigenvalue weighted by Gasteiger charge is 2.32. The van der Waals surface area contributed by atoms with Crippen molar-refractivity contribution in [1.82, 2.24) is 0 Å². The van der Waals surface area contributed by atoms with Gasteiger partial charge in [-0.3, -0.25) is 9.10 Å². The molecular formula is C19H21F3N2O3S. The summed E-state index contributed by atoms with van der Waals surface area (Å²) in [6.07, 6.45) is -3.58. The Hall–Kier alpha value is -2.55. The fraction of sp³-hybridized carbons (Fsp3) is 0.316. The van der Waals surface area contributed by atoms with Crippen molar-refractivity contribution in [2.75, 3.05) is 15.9 Å². The second-order valence-electron chi connectivity index (χ2n) is 6.65. The first-order chi connectivity index (χ1) is 12.8. The van der Waals surface area contributed by atoms with Gasteiger partial charge in [-0.2, -0.15) is 13.2 Å². The van der Waals surface area contributed by atoms with Crippen molar-refractivity contribution in [1.29, 1.82) is 0 Å². The van der Waals surface area contributed by atoms with E-state index in [1.54, 1.807) is 26.0 Å². The third-order valence-electron chi connectivity index (χ3n) is 4.01. The summed E-state index contributed by atoms with van der Waals surface area (Å²) in [4.78, 5) is 12.6. The van der Waals surface area contributed by atoms with Gasteiger partial charge in [0.05, 0.1) is 17.5 Å². The van der Waals surface area contributed by atoms with Crippen molar-refractivity contribution >= 4 is 27.3 Å². The molecule has 0 bridgehead atoms. The van der Waals surface area contributed by atoms with Gasteiger partial charge >= 0.3 is 6.18 Å². The van der Waals surface area contributed by atoms with E-state index in [0.717, 1.165) is 33.8 Å². The third-order valence-corrected chi connectivity index (χ3v) is 5.25. The van der Waals surface area contributed by atoms with Gasteiger partial charge in [0.2, 0.25) is 15.9 Å². The van der Waals surface area contributed by atoms with E-state index in [0.29, 0.717) is 5.69 Å². The summed E-state index contributed by atoms with van der Waals surface area (Å²) in [5, 5.41) is 2.36. The van der Waals surface area contributed by atoms with Gasteiger partial charge in [-0.1, -0.05) is 12.1 Å². The summed E-state index contributed by atoms with van der Waals surface area (Å²) < 4.78 is 64.2. The van der Waals surface area contributed by atoms with Crippen molar-refractivity contribution in [3.63, 3.8) is 0 Å². The Kier molecular flexibility index (Phi) is 6.08. The first-order valence-electron chi connectivity index (χ1n) is 8.35. The fourth-order valence-corrected chi connectivity index (χ4v) is 4.07. The lowest BCUT2D eigenvalue weighted by Crippen LogP contribution is -2.45. The zero-order valence-electron chi connectivity index (χ0n) is 15.8. The van der Waals surface area contributed by atoms with E-state index in [1.807, 2.05) is 6.07 Å². The van der Waals surface area contributed by atoms with Crippen LogP contribution in [0.25, 0.3) is 0 Å². The number of carbonyl (C=O) groups excluding carboxylic acids is 1. The quantitative estimate of drug-likeness (QED) is 0.801. The number of hydrogen-bond acceptors (Lipinski definition) is 3. The number of hydrogen-bond donors (Lipinski definition) is 1. The third kappa shape index (κ3) is 5.25. The average Bonchev–Trinajstić information content (AvgIpc) is 2.52. The first kappa shape index (κ1) is 21.7. The van der Waals surface area contributed by atoms with Crippen LogP contribution >= 0.6 is 0 Å². The Bertz CT molecular complexity index is 968. The minimum atomic E-state index is -4.55. The second-order valence-corrected chi connectivity index (χ2v) is 8.51. The van der Waals surface area contributed by atoms with Crippen LogP contribution in [-0.4, -0.2) is 26.6 Å². The van der Waals surface area contributed by atoms with E-state index in [-0.39, 0.29) is 5.69 Å². The number of nitrogens with zero attached hydrogens (tertiary/aromatic N) is 1. The molecule has 0 saturated carbocycles. The van der Waals surface area contributed by atoms with Gasteiger partial charge in [-0.25, -0.2) is 8.42 Å². The van der Waals surface area contributed by atoms with Crippen LogP contribution in [0.3, 0.4) is 0 Å². The molecular weight excluding hydrogens is 393 g/mol. The lowest BCUT2D eigenvalue weighted by Gasteiger charge is -2.29. The lowest BCUT2D eigenvalue weighted by molar-refractivity contribution is -0.137. The van der Waals surface area contributed by atoms with Crippen molar-refractivity contribution in [2.24, 2.45) is 0 Å². The van der Waals surface area contributed by atoms with Crippen LogP contribution in [0.2, 0.25) is 0 Å².